The molecule has 1 aliphatic carbocycles. The van der Waals surface area contributed by atoms with E-state index < -0.39 is 0 Å². The van der Waals surface area contributed by atoms with E-state index in [1.807, 2.05) is 6.92 Å². The van der Waals surface area contributed by atoms with Crippen molar-refractivity contribution in [2.75, 3.05) is 6.61 Å². The molecule has 4 nitrogen and oxygen atoms in total. The van der Waals surface area contributed by atoms with Crippen molar-refractivity contribution < 1.29 is 9.53 Å². The first-order valence-corrected chi connectivity index (χ1v) is 10.9. The van der Waals surface area contributed by atoms with E-state index >= 15 is 0 Å². The number of thiophene rings is 1. The predicted octanol–water partition coefficient (Wildman–Crippen LogP) is 5.03. The number of hydrogen-bond donors (Lipinski definition) is 0. The topological polar surface area (TPSA) is 52.1 Å². The molecule has 25 heavy (non-hydrogen) atoms. The number of nitrogens with zero attached hydrogens (tertiary/aromatic N) is 2. The molecule has 0 fully saturated rings. The second-order valence-electron chi connectivity index (χ2n) is 6.85. The molecule has 6 heteroatoms. The number of carbonyl (C=O) groups excluding carboxylic acids is 1. The second-order valence-corrected chi connectivity index (χ2v) is 9.26. The lowest BCUT2D eigenvalue weighted by Gasteiger charge is -2.18. The van der Waals surface area contributed by atoms with Gasteiger partial charge in [-0.2, -0.15) is 0 Å². The number of unbranched alkanes of at least 4 members (excludes halogenated alkanes) is 2. The SMILES string of the molecule is CCCCCOC(=O)C(C)Sc1ncnc2sc3c(c12)CCC(C)C3. The lowest BCUT2D eigenvalue weighted by Crippen LogP contribution is -2.18. The first-order valence-electron chi connectivity index (χ1n) is 9.18. The lowest BCUT2D eigenvalue weighted by atomic mass is 9.89. The molecule has 2 aromatic heterocycles. The van der Waals surface area contributed by atoms with Crippen molar-refractivity contribution in [1.29, 1.82) is 0 Å². The van der Waals surface area contributed by atoms with Gasteiger partial charge in [0.1, 0.15) is 21.4 Å². The van der Waals surface area contributed by atoms with Crippen LogP contribution in [0.2, 0.25) is 0 Å². The summed E-state index contributed by atoms with van der Waals surface area (Å²) in [6.45, 7) is 6.87. The summed E-state index contributed by atoms with van der Waals surface area (Å²) >= 11 is 3.30. The highest BCUT2D eigenvalue weighted by Crippen LogP contribution is 2.41. The Bertz CT molecular complexity index is 744. The second kappa shape index (κ2) is 8.49. The normalized spacial score (nSPS) is 18.1. The molecule has 3 rings (SSSR count). The molecule has 0 amide bonds. The summed E-state index contributed by atoms with van der Waals surface area (Å²) in [5.41, 5.74) is 1.41. The maximum atomic E-state index is 12.2. The molecule has 0 N–H and O–H groups in total. The van der Waals surface area contributed by atoms with Crippen molar-refractivity contribution in [2.45, 2.75) is 69.6 Å². The predicted molar refractivity (Wildman–Crippen MR) is 104 cm³/mol. The molecule has 0 saturated heterocycles. The quantitative estimate of drug-likeness (QED) is 0.293. The molecule has 0 spiro atoms. The van der Waals surface area contributed by atoms with Crippen LogP contribution < -0.4 is 0 Å². The molecule has 0 radical (unpaired) electrons. The van der Waals surface area contributed by atoms with Gasteiger partial charge in [-0.15, -0.1) is 11.3 Å². The molecule has 2 aromatic rings. The van der Waals surface area contributed by atoms with Gasteiger partial charge >= 0.3 is 5.97 Å². The minimum absolute atomic E-state index is 0.148. The number of thioether (sulfide) groups is 1. The van der Waals surface area contributed by atoms with Crippen molar-refractivity contribution in [1.82, 2.24) is 9.97 Å². The van der Waals surface area contributed by atoms with Gasteiger partial charge in [0.25, 0.3) is 0 Å². The van der Waals surface area contributed by atoms with Gasteiger partial charge in [-0.3, -0.25) is 4.79 Å². The van der Waals surface area contributed by atoms with E-state index in [9.17, 15) is 4.79 Å². The van der Waals surface area contributed by atoms with Crippen LogP contribution >= 0.6 is 23.1 Å². The molecule has 0 saturated carbocycles. The number of fused-ring (bicyclic) bond motifs is 3. The molecule has 2 heterocycles. The average Bonchev–Trinajstić information content (AvgIpc) is 2.96. The molecule has 1 aliphatic rings. The monoisotopic (exact) mass is 378 g/mol. The number of carbonyl (C=O) groups is 1. The summed E-state index contributed by atoms with van der Waals surface area (Å²) in [5.74, 6) is 0.590. The lowest BCUT2D eigenvalue weighted by molar-refractivity contribution is -0.142. The smallest absolute Gasteiger partial charge is 0.319 e. The van der Waals surface area contributed by atoms with Crippen molar-refractivity contribution in [3.05, 3.63) is 16.8 Å². The van der Waals surface area contributed by atoms with Gasteiger partial charge in [-0.25, -0.2) is 9.97 Å². The summed E-state index contributed by atoms with van der Waals surface area (Å²) in [4.78, 5) is 23.7. The minimum atomic E-state index is -0.252. The van der Waals surface area contributed by atoms with Crippen molar-refractivity contribution >= 4 is 39.3 Å². The molecule has 0 bridgehead atoms. The van der Waals surface area contributed by atoms with Gasteiger partial charge < -0.3 is 4.74 Å². The fraction of sp³-hybridized carbons (Fsp3) is 0.632. The van der Waals surface area contributed by atoms with E-state index in [0.29, 0.717) is 6.61 Å². The highest BCUT2D eigenvalue weighted by atomic mass is 32.2. The molecule has 136 valence electrons. The van der Waals surface area contributed by atoms with Crippen molar-refractivity contribution in [3.8, 4) is 0 Å². The molecule has 2 unspecified atom stereocenters. The first kappa shape index (κ1) is 18.6. The highest BCUT2D eigenvalue weighted by molar-refractivity contribution is 8.00. The van der Waals surface area contributed by atoms with Crippen molar-refractivity contribution in [2.24, 2.45) is 5.92 Å². The van der Waals surface area contributed by atoms with E-state index in [0.717, 1.165) is 47.9 Å². The Balaban J connectivity index is 1.74. The summed E-state index contributed by atoms with van der Waals surface area (Å²) in [5, 5.41) is 1.85. The first-order chi connectivity index (χ1) is 12.1. The van der Waals surface area contributed by atoms with Gasteiger partial charge in [0, 0.05) is 10.3 Å². The van der Waals surface area contributed by atoms with Gasteiger partial charge in [-0.05, 0) is 44.1 Å². The Morgan fingerprint density at radius 1 is 1.44 bits per heavy atom. The average molecular weight is 379 g/mol. The molecule has 2 atom stereocenters. The number of esters is 1. The maximum Gasteiger partial charge on any atom is 0.319 e. The fourth-order valence-corrected chi connectivity index (χ4v) is 5.55. The summed E-state index contributed by atoms with van der Waals surface area (Å²) in [6.07, 6.45) is 8.22. The fourth-order valence-electron chi connectivity index (χ4n) is 3.19. The van der Waals surface area contributed by atoms with Crippen LogP contribution in [-0.4, -0.2) is 27.8 Å². The third-order valence-electron chi connectivity index (χ3n) is 4.67. The maximum absolute atomic E-state index is 12.2. The third-order valence-corrected chi connectivity index (χ3v) is 6.91. The largest absolute Gasteiger partial charge is 0.465 e. The van der Waals surface area contributed by atoms with Crippen LogP contribution in [0.15, 0.2) is 11.4 Å². The van der Waals surface area contributed by atoms with Crippen LogP contribution in [0.1, 0.15) is 56.9 Å². The van der Waals surface area contributed by atoms with Crippen LogP contribution in [-0.2, 0) is 22.4 Å². The van der Waals surface area contributed by atoms with Crippen LogP contribution in [0.3, 0.4) is 0 Å². The van der Waals surface area contributed by atoms with Crippen LogP contribution in [0.25, 0.3) is 10.2 Å². The number of ether oxygens (including phenoxy) is 1. The Kier molecular flexibility index (Phi) is 6.34. The van der Waals surface area contributed by atoms with Gasteiger partial charge in [0.15, 0.2) is 0 Å². The van der Waals surface area contributed by atoms with E-state index in [4.69, 9.17) is 4.74 Å². The van der Waals surface area contributed by atoms with Crippen LogP contribution in [0, 0.1) is 5.92 Å². The third kappa shape index (κ3) is 4.34. The Morgan fingerprint density at radius 3 is 3.08 bits per heavy atom. The van der Waals surface area contributed by atoms with Gasteiger partial charge in [-0.1, -0.05) is 38.5 Å². The standard InChI is InChI=1S/C19H26N2O2S2/c1-4-5-6-9-23-19(22)13(3)24-17-16-14-8-7-12(2)10-15(14)25-18(16)21-11-20-17/h11-13H,4-10H2,1-3H3. The molecular formula is C19H26N2O2S2. The molecule has 0 aromatic carbocycles. The van der Waals surface area contributed by atoms with E-state index in [1.54, 1.807) is 17.7 Å². The van der Waals surface area contributed by atoms with E-state index in [1.165, 1.54) is 34.0 Å². The number of rotatable bonds is 7. The summed E-state index contributed by atoms with van der Waals surface area (Å²) in [7, 11) is 0. The number of aromatic nitrogens is 2. The van der Waals surface area contributed by atoms with E-state index in [-0.39, 0.29) is 11.2 Å². The van der Waals surface area contributed by atoms with Crippen LogP contribution in [0.4, 0.5) is 0 Å². The zero-order valence-corrected chi connectivity index (χ0v) is 16.8. The summed E-state index contributed by atoms with van der Waals surface area (Å²) in [6, 6.07) is 0. The minimum Gasteiger partial charge on any atom is -0.465 e. The Hall–Kier alpha value is -1.14. The highest BCUT2D eigenvalue weighted by Gasteiger charge is 2.25. The summed E-state index contributed by atoms with van der Waals surface area (Å²) < 4.78 is 5.40. The number of hydrogen-bond acceptors (Lipinski definition) is 6. The molecular weight excluding hydrogens is 352 g/mol. The van der Waals surface area contributed by atoms with Crippen LogP contribution in [0.5, 0.6) is 0 Å². The zero-order chi connectivity index (χ0) is 17.8. The van der Waals surface area contributed by atoms with Gasteiger partial charge in [0.2, 0.25) is 0 Å². The zero-order valence-electron chi connectivity index (χ0n) is 15.2. The van der Waals surface area contributed by atoms with Crippen molar-refractivity contribution in [3.63, 3.8) is 0 Å². The Morgan fingerprint density at radius 2 is 2.28 bits per heavy atom. The number of aryl methyl sites for hydroxylation is 1. The van der Waals surface area contributed by atoms with Gasteiger partial charge in [0.05, 0.1) is 6.61 Å². The Labute approximate surface area is 157 Å². The molecule has 0 aliphatic heterocycles. The van der Waals surface area contributed by atoms with E-state index in [2.05, 4.69) is 23.8 Å².